The second-order valence-corrected chi connectivity index (χ2v) is 9.15. The van der Waals surface area contributed by atoms with E-state index in [0.717, 1.165) is 40.4 Å². The lowest BCUT2D eigenvalue weighted by molar-refractivity contribution is 0.577. The number of hydrogen-bond donors (Lipinski definition) is 1. The standard InChI is InChI=1S/C16H19FN2O4S2/c1-13-5-3-4-6-16(13)19(24(2,20)21)12-11-18-25(22,23)15-9-7-14(17)8-10-15/h3-10,18H,11-12H2,1-2H3. The van der Waals surface area contributed by atoms with E-state index in [9.17, 15) is 21.2 Å². The minimum atomic E-state index is -3.85. The maximum atomic E-state index is 12.9. The molecule has 0 bridgehead atoms. The molecule has 136 valence electrons. The average molecular weight is 386 g/mol. The minimum absolute atomic E-state index is 0.0654. The van der Waals surface area contributed by atoms with Crippen LogP contribution in [-0.2, 0) is 20.0 Å². The second kappa shape index (κ2) is 7.51. The second-order valence-electron chi connectivity index (χ2n) is 5.47. The molecule has 0 amide bonds. The Kier molecular flexibility index (Phi) is 5.81. The van der Waals surface area contributed by atoms with Crippen LogP contribution in [0.5, 0.6) is 0 Å². The van der Waals surface area contributed by atoms with Crippen molar-refractivity contribution in [1.29, 1.82) is 0 Å². The molecule has 0 saturated carbocycles. The van der Waals surface area contributed by atoms with E-state index >= 15 is 0 Å². The van der Waals surface area contributed by atoms with Gasteiger partial charge in [-0.05, 0) is 42.8 Å². The molecule has 2 rings (SSSR count). The highest BCUT2D eigenvalue weighted by molar-refractivity contribution is 7.92. The molecule has 0 aliphatic heterocycles. The normalized spacial score (nSPS) is 12.1. The molecule has 0 atom stereocenters. The molecular formula is C16H19FN2O4S2. The monoisotopic (exact) mass is 386 g/mol. The van der Waals surface area contributed by atoms with Gasteiger partial charge in [-0.15, -0.1) is 0 Å². The largest absolute Gasteiger partial charge is 0.269 e. The summed E-state index contributed by atoms with van der Waals surface area (Å²) in [6.45, 7) is 1.58. The van der Waals surface area contributed by atoms with Gasteiger partial charge in [-0.2, -0.15) is 0 Å². The Bertz CT molecular complexity index is 942. The van der Waals surface area contributed by atoms with E-state index in [0.29, 0.717) is 5.69 Å². The highest BCUT2D eigenvalue weighted by Crippen LogP contribution is 2.21. The van der Waals surface area contributed by atoms with E-state index in [2.05, 4.69) is 4.72 Å². The van der Waals surface area contributed by atoms with Crippen LogP contribution >= 0.6 is 0 Å². The lowest BCUT2D eigenvalue weighted by Gasteiger charge is -2.24. The van der Waals surface area contributed by atoms with Crippen molar-refractivity contribution in [1.82, 2.24) is 4.72 Å². The number of halogens is 1. The Labute approximate surface area is 147 Å². The first-order valence-electron chi connectivity index (χ1n) is 7.40. The maximum absolute atomic E-state index is 12.9. The van der Waals surface area contributed by atoms with Crippen molar-refractivity contribution in [3.8, 4) is 0 Å². The summed E-state index contributed by atoms with van der Waals surface area (Å²) in [5, 5.41) is 0. The maximum Gasteiger partial charge on any atom is 0.240 e. The number of para-hydroxylation sites is 1. The van der Waals surface area contributed by atoms with Gasteiger partial charge in [0, 0.05) is 13.1 Å². The highest BCUT2D eigenvalue weighted by Gasteiger charge is 2.20. The van der Waals surface area contributed by atoms with Gasteiger partial charge in [-0.1, -0.05) is 18.2 Å². The zero-order valence-electron chi connectivity index (χ0n) is 13.8. The Morgan fingerprint density at radius 2 is 1.60 bits per heavy atom. The van der Waals surface area contributed by atoms with Crippen LogP contribution in [0.25, 0.3) is 0 Å². The number of anilines is 1. The van der Waals surface area contributed by atoms with E-state index in [4.69, 9.17) is 0 Å². The summed E-state index contributed by atoms with van der Waals surface area (Å²) >= 11 is 0. The molecule has 0 spiro atoms. The molecule has 0 aliphatic rings. The van der Waals surface area contributed by atoms with Crippen LogP contribution in [0, 0.1) is 12.7 Å². The summed E-state index contributed by atoms with van der Waals surface area (Å²) in [5.41, 5.74) is 1.25. The van der Waals surface area contributed by atoms with Crippen LogP contribution in [0.2, 0.25) is 0 Å². The molecule has 1 N–H and O–H groups in total. The summed E-state index contributed by atoms with van der Waals surface area (Å²) in [7, 11) is -7.43. The van der Waals surface area contributed by atoms with Gasteiger partial charge in [0.2, 0.25) is 20.0 Å². The Balaban J connectivity index is 2.14. The molecule has 6 nitrogen and oxygen atoms in total. The third-order valence-electron chi connectivity index (χ3n) is 3.52. The lowest BCUT2D eigenvalue weighted by atomic mass is 10.2. The first-order valence-corrected chi connectivity index (χ1v) is 10.7. The molecule has 0 fully saturated rings. The van der Waals surface area contributed by atoms with Crippen LogP contribution in [0.15, 0.2) is 53.4 Å². The predicted octanol–water partition coefficient (Wildman–Crippen LogP) is 1.88. The molecule has 0 unspecified atom stereocenters. The molecule has 0 radical (unpaired) electrons. The number of nitrogens with one attached hydrogen (secondary N) is 1. The van der Waals surface area contributed by atoms with Gasteiger partial charge in [-0.3, -0.25) is 4.31 Å². The summed E-state index contributed by atoms with van der Waals surface area (Å²) in [5.74, 6) is -0.540. The van der Waals surface area contributed by atoms with Crippen molar-refractivity contribution >= 4 is 25.7 Å². The highest BCUT2D eigenvalue weighted by atomic mass is 32.2. The number of benzene rings is 2. The molecule has 0 heterocycles. The fourth-order valence-corrected chi connectivity index (χ4v) is 4.29. The van der Waals surface area contributed by atoms with Gasteiger partial charge < -0.3 is 0 Å². The SMILES string of the molecule is Cc1ccccc1N(CCNS(=O)(=O)c1ccc(F)cc1)S(C)(=O)=O. The summed E-state index contributed by atoms with van der Waals surface area (Å²) in [6.07, 6.45) is 1.06. The summed E-state index contributed by atoms with van der Waals surface area (Å²) in [6, 6.07) is 11.3. The van der Waals surface area contributed by atoms with Crippen LogP contribution < -0.4 is 9.03 Å². The van der Waals surface area contributed by atoms with Crippen molar-refractivity contribution in [3.05, 3.63) is 59.9 Å². The zero-order chi connectivity index (χ0) is 18.7. The van der Waals surface area contributed by atoms with Crippen molar-refractivity contribution in [2.24, 2.45) is 0 Å². The number of hydrogen-bond acceptors (Lipinski definition) is 4. The van der Waals surface area contributed by atoms with Crippen molar-refractivity contribution in [3.63, 3.8) is 0 Å². The third-order valence-corrected chi connectivity index (χ3v) is 6.17. The lowest BCUT2D eigenvalue weighted by Crippen LogP contribution is -2.38. The number of aryl methyl sites for hydroxylation is 1. The van der Waals surface area contributed by atoms with Crippen LogP contribution in [0.1, 0.15) is 5.56 Å². The fourth-order valence-electron chi connectivity index (χ4n) is 2.29. The van der Waals surface area contributed by atoms with Crippen LogP contribution in [-0.4, -0.2) is 36.2 Å². The number of sulfonamides is 2. The zero-order valence-corrected chi connectivity index (χ0v) is 15.4. The summed E-state index contributed by atoms with van der Waals surface area (Å²) < 4.78 is 64.8. The number of nitrogens with zero attached hydrogens (tertiary/aromatic N) is 1. The van der Waals surface area contributed by atoms with Gasteiger partial charge in [-0.25, -0.2) is 25.9 Å². The molecule has 9 heteroatoms. The molecule has 0 aromatic heterocycles. The smallest absolute Gasteiger partial charge is 0.240 e. The molecule has 25 heavy (non-hydrogen) atoms. The fraction of sp³-hybridized carbons (Fsp3) is 0.250. The minimum Gasteiger partial charge on any atom is -0.269 e. The Morgan fingerprint density at radius 1 is 1.00 bits per heavy atom. The van der Waals surface area contributed by atoms with Crippen molar-refractivity contribution in [2.45, 2.75) is 11.8 Å². The quantitative estimate of drug-likeness (QED) is 0.788. The topological polar surface area (TPSA) is 83.6 Å². The average Bonchev–Trinajstić information content (AvgIpc) is 2.52. The molecule has 0 aliphatic carbocycles. The number of rotatable bonds is 7. The van der Waals surface area contributed by atoms with E-state index in [-0.39, 0.29) is 18.0 Å². The van der Waals surface area contributed by atoms with E-state index < -0.39 is 25.9 Å². The van der Waals surface area contributed by atoms with Gasteiger partial charge in [0.15, 0.2) is 0 Å². The predicted molar refractivity (Wildman–Crippen MR) is 95.0 cm³/mol. The third kappa shape index (κ3) is 5.00. The van der Waals surface area contributed by atoms with Crippen molar-refractivity contribution < 1.29 is 21.2 Å². The molecule has 2 aromatic carbocycles. The summed E-state index contributed by atoms with van der Waals surface area (Å²) in [4.78, 5) is -0.0873. The van der Waals surface area contributed by atoms with Gasteiger partial charge in [0.05, 0.1) is 16.8 Å². The molecular weight excluding hydrogens is 367 g/mol. The van der Waals surface area contributed by atoms with Crippen LogP contribution in [0.4, 0.5) is 10.1 Å². The van der Waals surface area contributed by atoms with Gasteiger partial charge in [0.25, 0.3) is 0 Å². The van der Waals surface area contributed by atoms with E-state index in [1.807, 2.05) is 0 Å². The Morgan fingerprint density at radius 3 is 2.16 bits per heavy atom. The molecule has 2 aromatic rings. The first kappa shape index (κ1) is 19.4. The van der Waals surface area contributed by atoms with E-state index in [1.54, 1.807) is 31.2 Å². The van der Waals surface area contributed by atoms with E-state index in [1.165, 1.54) is 0 Å². The van der Waals surface area contributed by atoms with Crippen LogP contribution in [0.3, 0.4) is 0 Å². The Hall–Kier alpha value is -1.97. The first-order chi connectivity index (χ1) is 11.6. The van der Waals surface area contributed by atoms with Gasteiger partial charge >= 0.3 is 0 Å². The molecule has 0 saturated heterocycles. The van der Waals surface area contributed by atoms with Gasteiger partial charge in [0.1, 0.15) is 5.82 Å². The van der Waals surface area contributed by atoms with Crippen molar-refractivity contribution in [2.75, 3.05) is 23.7 Å².